The minimum absolute atomic E-state index is 0.214. The van der Waals surface area contributed by atoms with Crippen molar-refractivity contribution in [3.05, 3.63) is 82.7 Å². The van der Waals surface area contributed by atoms with E-state index < -0.39 is 0 Å². The Morgan fingerprint density at radius 2 is 1.62 bits per heavy atom. The van der Waals surface area contributed by atoms with Crippen molar-refractivity contribution in [3.8, 4) is 0 Å². The van der Waals surface area contributed by atoms with Gasteiger partial charge in [0.15, 0.2) is 5.69 Å². The Kier molecular flexibility index (Phi) is 4.70. The molecule has 0 aliphatic rings. The molecule has 2 aromatic carbocycles. The maximum Gasteiger partial charge on any atom is 0.273 e. The monoisotopic (exact) mass is 320 g/mol. The molecule has 3 aromatic rings. The summed E-state index contributed by atoms with van der Waals surface area (Å²) in [4.78, 5) is 12.2. The van der Waals surface area contributed by atoms with Crippen molar-refractivity contribution >= 4 is 5.91 Å². The third kappa shape index (κ3) is 3.68. The third-order valence-electron chi connectivity index (χ3n) is 4.07. The lowest BCUT2D eigenvalue weighted by Gasteiger charge is -2.06. The van der Waals surface area contributed by atoms with Crippen LogP contribution in [0.1, 0.15) is 32.7 Å². The molecule has 0 aliphatic carbocycles. The Morgan fingerprint density at radius 1 is 1.00 bits per heavy atom. The second-order valence-corrected chi connectivity index (χ2v) is 5.84. The number of nitrogens with one attached hydrogen (secondary N) is 1. The molecule has 0 fully saturated rings. The molecule has 1 amide bonds. The van der Waals surface area contributed by atoms with Gasteiger partial charge in [-0.1, -0.05) is 53.7 Å². The van der Waals surface area contributed by atoms with E-state index in [-0.39, 0.29) is 5.91 Å². The molecule has 0 saturated heterocycles. The van der Waals surface area contributed by atoms with E-state index >= 15 is 0 Å². The normalized spacial score (nSPS) is 10.6. The summed E-state index contributed by atoms with van der Waals surface area (Å²) >= 11 is 0. The van der Waals surface area contributed by atoms with Crippen LogP contribution in [0.2, 0.25) is 0 Å². The standard InChI is InChI=1S/C19H20N4O/c1-14-7-3-5-9-16(14)11-20-19(24)18-13-23(22-21-18)12-17-10-6-4-8-15(17)2/h3-10,13H,11-12H2,1-2H3,(H,20,24). The summed E-state index contributed by atoms with van der Waals surface area (Å²) in [5, 5.41) is 10.9. The van der Waals surface area contributed by atoms with Crippen LogP contribution in [0.15, 0.2) is 54.7 Å². The van der Waals surface area contributed by atoms with Gasteiger partial charge in [-0.3, -0.25) is 4.79 Å². The van der Waals surface area contributed by atoms with Gasteiger partial charge in [0.25, 0.3) is 5.91 Å². The van der Waals surface area contributed by atoms with Crippen LogP contribution in [0.5, 0.6) is 0 Å². The molecular weight excluding hydrogens is 300 g/mol. The highest BCUT2D eigenvalue weighted by molar-refractivity contribution is 5.91. The first kappa shape index (κ1) is 15.9. The van der Waals surface area contributed by atoms with Gasteiger partial charge in [-0.2, -0.15) is 0 Å². The molecule has 3 rings (SSSR count). The van der Waals surface area contributed by atoms with Crippen LogP contribution < -0.4 is 5.32 Å². The molecule has 1 N–H and O–H groups in total. The van der Waals surface area contributed by atoms with Gasteiger partial charge in [0.1, 0.15) is 0 Å². The van der Waals surface area contributed by atoms with Crippen LogP contribution in [0.3, 0.4) is 0 Å². The largest absolute Gasteiger partial charge is 0.347 e. The van der Waals surface area contributed by atoms with E-state index in [1.165, 1.54) is 5.56 Å². The fourth-order valence-electron chi connectivity index (χ4n) is 2.52. The topological polar surface area (TPSA) is 59.8 Å². The van der Waals surface area contributed by atoms with Crippen molar-refractivity contribution in [1.29, 1.82) is 0 Å². The average Bonchev–Trinajstić information content (AvgIpc) is 3.05. The number of amides is 1. The van der Waals surface area contributed by atoms with Gasteiger partial charge >= 0.3 is 0 Å². The molecule has 24 heavy (non-hydrogen) atoms. The molecule has 1 heterocycles. The summed E-state index contributed by atoms with van der Waals surface area (Å²) in [6.45, 7) is 5.17. The predicted octanol–water partition coefficient (Wildman–Crippen LogP) is 2.87. The molecule has 122 valence electrons. The SMILES string of the molecule is Cc1ccccc1CNC(=O)c1cn(Cc2ccccc2C)nn1. The van der Waals surface area contributed by atoms with E-state index in [1.54, 1.807) is 10.9 Å². The maximum absolute atomic E-state index is 12.2. The summed E-state index contributed by atoms with van der Waals surface area (Å²) < 4.78 is 1.69. The molecule has 0 unspecified atom stereocenters. The second-order valence-electron chi connectivity index (χ2n) is 5.84. The zero-order valence-corrected chi connectivity index (χ0v) is 13.9. The van der Waals surface area contributed by atoms with Crippen LogP contribution in [0.25, 0.3) is 0 Å². The van der Waals surface area contributed by atoms with Gasteiger partial charge in [0, 0.05) is 6.54 Å². The lowest BCUT2D eigenvalue weighted by Crippen LogP contribution is -2.23. The highest BCUT2D eigenvalue weighted by Crippen LogP contribution is 2.09. The zero-order chi connectivity index (χ0) is 16.9. The number of hydrogen-bond acceptors (Lipinski definition) is 3. The summed E-state index contributed by atoms with van der Waals surface area (Å²) in [5.41, 5.74) is 4.93. The summed E-state index contributed by atoms with van der Waals surface area (Å²) in [6, 6.07) is 16.1. The van der Waals surface area contributed by atoms with E-state index in [2.05, 4.69) is 34.7 Å². The number of hydrogen-bond donors (Lipinski definition) is 1. The van der Waals surface area contributed by atoms with Crippen LogP contribution in [-0.4, -0.2) is 20.9 Å². The molecule has 0 aliphatic heterocycles. The minimum Gasteiger partial charge on any atom is -0.347 e. The van der Waals surface area contributed by atoms with Gasteiger partial charge in [-0.25, -0.2) is 4.68 Å². The maximum atomic E-state index is 12.2. The first-order valence-corrected chi connectivity index (χ1v) is 7.91. The Hall–Kier alpha value is -2.95. The highest BCUT2D eigenvalue weighted by Gasteiger charge is 2.11. The minimum atomic E-state index is -0.214. The Balaban J connectivity index is 1.64. The predicted molar refractivity (Wildman–Crippen MR) is 92.7 cm³/mol. The number of carbonyl (C=O) groups excluding carboxylic acids is 1. The van der Waals surface area contributed by atoms with E-state index in [0.717, 1.165) is 16.7 Å². The summed E-state index contributed by atoms with van der Waals surface area (Å²) in [6.07, 6.45) is 1.68. The Bertz CT molecular complexity index is 854. The van der Waals surface area contributed by atoms with Gasteiger partial charge in [0.2, 0.25) is 0 Å². The molecular formula is C19H20N4O. The van der Waals surface area contributed by atoms with Gasteiger partial charge in [-0.05, 0) is 36.1 Å². The zero-order valence-electron chi connectivity index (χ0n) is 13.9. The Labute approximate surface area is 141 Å². The van der Waals surface area contributed by atoms with Crippen molar-refractivity contribution in [2.45, 2.75) is 26.9 Å². The number of aryl methyl sites for hydroxylation is 2. The average molecular weight is 320 g/mol. The number of rotatable bonds is 5. The fourth-order valence-corrected chi connectivity index (χ4v) is 2.52. The lowest BCUT2D eigenvalue weighted by molar-refractivity contribution is 0.0946. The number of carbonyl (C=O) groups is 1. The summed E-state index contributed by atoms with van der Waals surface area (Å²) in [5.74, 6) is -0.214. The van der Waals surface area contributed by atoms with Crippen LogP contribution in [0.4, 0.5) is 0 Å². The number of aromatic nitrogens is 3. The van der Waals surface area contributed by atoms with Gasteiger partial charge in [-0.15, -0.1) is 5.10 Å². The highest BCUT2D eigenvalue weighted by atomic mass is 16.2. The van der Waals surface area contributed by atoms with E-state index in [4.69, 9.17) is 0 Å². The second kappa shape index (κ2) is 7.08. The van der Waals surface area contributed by atoms with E-state index in [9.17, 15) is 4.79 Å². The van der Waals surface area contributed by atoms with Gasteiger partial charge in [0.05, 0.1) is 12.7 Å². The lowest BCUT2D eigenvalue weighted by atomic mass is 10.1. The first-order chi connectivity index (χ1) is 11.6. The van der Waals surface area contributed by atoms with Crippen molar-refractivity contribution in [2.24, 2.45) is 0 Å². The van der Waals surface area contributed by atoms with Crippen molar-refractivity contribution in [2.75, 3.05) is 0 Å². The quantitative estimate of drug-likeness (QED) is 0.786. The van der Waals surface area contributed by atoms with Crippen LogP contribution in [-0.2, 0) is 13.1 Å². The van der Waals surface area contributed by atoms with E-state index in [1.807, 2.05) is 43.3 Å². The molecule has 0 saturated carbocycles. The van der Waals surface area contributed by atoms with E-state index in [0.29, 0.717) is 18.8 Å². The van der Waals surface area contributed by atoms with Crippen molar-refractivity contribution < 1.29 is 4.79 Å². The molecule has 1 aromatic heterocycles. The molecule has 5 heteroatoms. The molecule has 0 radical (unpaired) electrons. The van der Waals surface area contributed by atoms with Crippen molar-refractivity contribution in [3.63, 3.8) is 0 Å². The van der Waals surface area contributed by atoms with Crippen LogP contribution >= 0.6 is 0 Å². The smallest absolute Gasteiger partial charge is 0.273 e. The number of nitrogens with zero attached hydrogens (tertiary/aromatic N) is 3. The third-order valence-corrected chi connectivity index (χ3v) is 4.07. The fraction of sp³-hybridized carbons (Fsp3) is 0.211. The summed E-state index contributed by atoms with van der Waals surface area (Å²) in [7, 11) is 0. The molecule has 5 nitrogen and oxygen atoms in total. The van der Waals surface area contributed by atoms with Gasteiger partial charge < -0.3 is 5.32 Å². The number of benzene rings is 2. The van der Waals surface area contributed by atoms with Crippen molar-refractivity contribution in [1.82, 2.24) is 20.3 Å². The Morgan fingerprint density at radius 3 is 2.29 bits per heavy atom. The molecule has 0 atom stereocenters. The van der Waals surface area contributed by atoms with Crippen LogP contribution in [0, 0.1) is 13.8 Å². The molecule has 0 bridgehead atoms. The first-order valence-electron chi connectivity index (χ1n) is 7.91. The molecule has 0 spiro atoms.